The zero-order valence-electron chi connectivity index (χ0n) is 14.4. The number of ether oxygens (including phenoxy) is 1. The van der Waals surface area contributed by atoms with Gasteiger partial charge in [0.15, 0.2) is 11.6 Å². The molecular weight excluding hydrogens is 370 g/mol. The van der Waals surface area contributed by atoms with Gasteiger partial charge in [0.25, 0.3) is 5.89 Å². The van der Waals surface area contributed by atoms with Crippen molar-refractivity contribution >= 4 is 10.0 Å². The van der Waals surface area contributed by atoms with Crippen LogP contribution in [0, 0.1) is 0 Å². The summed E-state index contributed by atoms with van der Waals surface area (Å²) in [5.74, 6) is 1.96. The van der Waals surface area contributed by atoms with Crippen molar-refractivity contribution in [2.45, 2.75) is 23.7 Å². The first-order chi connectivity index (χ1) is 13.1. The molecule has 0 N–H and O–H groups in total. The number of hydrogen-bond acceptors (Lipinski definition) is 7. The fourth-order valence-electron chi connectivity index (χ4n) is 3.53. The van der Waals surface area contributed by atoms with E-state index in [4.69, 9.17) is 13.7 Å². The molecule has 0 amide bonds. The predicted octanol–water partition coefficient (Wildman–Crippen LogP) is 2.44. The Kier molecular flexibility index (Phi) is 3.80. The average molecular weight is 387 g/mol. The topological polar surface area (TPSA) is 98.7 Å². The molecule has 2 aliphatic heterocycles. The molecule has 5 rings (SSSR count). The molecule has 0 saturated carbocycles. The Morgan fingerprint density at radius 3 is 3.00 bits per heavy atom. The largest absolute Gasteiger partial charge is 0.493 e. The van der Waals surface area contributed by atoms with E-state index < -0.39 is 10.0 Å². The van der Waals surface area contributed by atoms with Crippen LogP contribution in [0.25, 0.3) is 11.7 Å². The van der Waals surface area contributed by atoms with Gasteiger partial charge in [-0.15, -0.1) is 0 Å². The van der Waals surface area contributed by atoms with Crippen LogP contribution >= 0.6 is 0 Å². The van der Waals surface area contributed by atoms with Crippen molar-refractivity contribution in [3.8, 4) is 17.4 Å². The number of rotatable bonds is 4. The fraction of sp³-hybridized carbons (Fsp3) is 0.333. The molecule has 0 bridgehead atoms. The summed E-state index contributed by atoms with van der Waals surface area (Å²) in [6.07, 6.45) is 2.91. The minimum absolute atomic E-state index is 0.106. The van der Waals surface area contributed by atoms with Crippen LogP contribution in [-0.4, -0.2) is 42.6 Å². The molecule has 1 saturated heterocycles. The first kappa shape index (κ1) is 16.5. The van der Waals surface area contributed by atoms with E-state index in [0.29, 0.717) is 48.5 Å². The van der Waals surface area contributed by atoms with E-state index in [1.807, 2.05) is 0 Å². The van der Waals surface area contributed by atoms with Crippen molar-refractivity contribution in [3.05, 3.63) is 48.0 Å². The smallest absolute Gasteiger partial charge is 0.293 e. The number of furan rings is 1. The summed E-state index contributed by atoms with van der Waals surface area (Å²) in [5, 5.41) is 4.01. The molecule has 2 aromatic heterocycles. The van der Waals surface area contributed by atoms with Crippen LogP contribution in [0.5, 0.6) is 5.75 Å². The van der Waals surface area contributed by atoms with Gasteiger partial charge in [0.2, 0.25) is 10.0 Å². The highest BCUT2D eigenvalue weighted by molar-refractivity contribution is 7.89. The van der Waals surface area contributed by atoms with Crippen molar-refractivity contribution in [1.29, 1.82) is 0 Å². The summed E-state index contributed by atoms with van der Waals surface area (Å²) < 4.78 is 43.5. The third-order valence-electron chi connectivity index (χ3n) is 4.99. The van der Waals surface area contributed by atoms with E-state index in [1.54, 1.807) is 30.3 Å². The van der Waals surface area contributed by atoms with Crippen LogP contribution in [0.1, 0.15) is 23.7 Å². The molecule has 8 nitrogen and oxygen atoms in total. The molecule has 0 aliphatic carbocycles. The minimum Gasteiger partial charge on any atom is -0.493 e. The Balaban J connectivity index is 1.36. The lowest BCUT2D eigenvalue weighted by Gasteiger charge is -2.16. The summed E-state index contributed by atoms with van der Waals surface area (Å²) in [6, 6.07) is 8.53. The van der Waals surface area contributed by atoms with Crippen molar-refractivity contribution in [1.82, 2.24) is 14.4 Å². The number of hydrogen-bond donors (Lipinski definition) is 0. The highest BCUT2D eigenvalue weighted by Gasteiger charge is 2.36. The van der Waals surface area contributed by atoms with Gasteiger partial charge in [0.05, 0.1) is 17.8 Å². The SMILES string of the molecule is O=S(=O)(c1ccc2c(c1)CCO2)N1CC[C@H](c2noc(-c3ccco3)n2)C1. The number of sulfonamides is 1. The highest BCUT2D eigenvalue weighted by Crippen LogP contribution is 2.33. The molecule has 27 heavy (non-hydrogen) atoms. The minimum atomic E-state index is -3.56. The van der Waals surface area contributed by atoms with Crippen LogP contribution in [0.4, 0.5) is 0 Å². The van der Waals surface area contributed by atoms with E-state index in [-0.39, 0.29) is 5.92 Å². The van der Waals surface area contributed by atoms with Gasteiger partial charge in [0.1, 0.15) is 5.75 Å². The lowest BCUT2D eigenvalue weighted by Crippen LogP contribution is -2.28. The summed E-state index contributed by atoms with van der Waals surface area (Å²) in [5.41, 5.74) is 0.938. The summed E-state index contributed by atoms with van der Waals surface area (Å²) in [7, 11) is -3.56. The Bertz CT molecular complexity index is 1070. The van der Waals surface area contributed by atoms with Gasteiger partial charge in [-0.25, -0.2) is 8.42 Å². The molecule has 2 aliphatic rings. The first-order valence-electron chi connectivity index (χ1n) is 8.74. The van der Waals surface area contributed by atoms with Crippen molar-refractivity contribution in [2.75, 3.05) is 19.7 Å². The van der Waals surface area contributed by atoms with Gasteiger partial charge < -0.3 is 13.7 Å². The molecule has 1 atom stereocenters. The second-order valence-electron chi connectivity index (χ2n) is 6.65. The molecule has 3 aromatic rings. The van der Waals surface area contributed by atoms with Gasteiger partial charge in [-0.3, -0.25) is 0 Å². The zero-order valence-corrected chi connectivity index (χ0v) is 15.2. The predicted molar refractivity (Wildman–Crippen MR) is 93.8 cm³/mol. The Hall–Kier alpha value is -2.65. The van der Waals surface area contributed by atoms with Crippen LogP contribution in [-0.2, 0) is 16.4 Å². The number of benzene rings is 1. The van der Waals surface area contributed by atoms with E-state index >= 15 is 0 Å². The number of aromatic nitrogens is 2. The fourth-order valence-corrected chi connectivity index (χ4v) is 5.08. The van der Waals surface area contributed by atoms with Crippen LogP contribution in [0.3, 0.4) is 0 Å². The van der Waals surface area contributed by atoms with E-state index in [2.05, 4.69) is 10.1 Å². The molecule has 1 aromatic carbocycles. The van der Waals surface area contributed by atoms with Crippen LogP contribution < -0.4 is 4.74 Å². The van der Waals surface area contributed by atoms with E-state index in [9.17, 15) is 8.42 Å². The van der Waals surface area contributed by atoms with Gasteiger partial charge in [-0.2, -0.15) is 9.29 Å². The Morgan fingerprint density at radius 2 is 2.15 bits per heavy atom. The van der Waals surface area contributed by atoms with Crippen LogP contribution in [0.2, 0.25) is 0 Å². The standard InChI is InChI=1S/C18H17N3O5S/c22-27(23,14-3-4-15-12(10-14)6-9-25-15)21-7-5-13(11-21)17-19-18(26-20-17)16-2-1-8-24-16/h1-4,8,10,13H,5-7,9,11H2/t13-/m0/s1. The third-order valence-corrected chi connectivity index (χ3v) is 6.85. The first-order valence-corrected chi connectivity index (χ1v) is 10.2. The number of fused-ring (bicyclic) bond motifs is 1. The lowest BCUT2D eigenvalue weighted by molar-refractivity contribution is 0.356. The molecule has 9 heteroatoms. The van der Waals surface area contributed by atoms with Gasteiger partial charge in [-0.05, 0) is 42.3 Å². The van der Waals surface area contributed by atoms with E-state index in [0.717, 1.165) is 17.7 Å². The molecule has 0 radical (unpaired) electrons. The van der Waals surface area contributed by atoms with Gasteiger partial charge in [-0.1, -0.05) is 5.16 Å². The Morgan fingerprint density at radius 1 is 1.22 bits per heavy atom. The molecular formula is C18H17N3O5S. The average Bonchev–Trinajstić information content (AvgIpc) is 3.48. The second-order valence-corrected chi connectivity index (χ2v) is 8.59. The zero-order chi connectivity index (χ0) is 18.4. The second kappa shape index (κ2) is 6.21. The number of nitrogens with zero attached hydrogens (tertiary/aromatic N) is 3. The van der Waals surface area contributed by atoms with Crippen molar-refractivity contribution in [3.63, 3.8) is 0 Å². The molecule has 4 heterocycles. The van der Waals surface area contributed by atoms with Crippen molar-refractivity contribution in [2.24, 2.45) is 0 Å². The quantitative estimate of drug-likeness (QED) is 0.678. The van der Waals surface area contributed by atoms with Crippen LogP contribution in [0.15, 0.2) is 50.4 Å². The molecule has 0 spiro atoms. The Labute approximate surface area is 155 Å². The maximum Gasteiger partial charge on any atom is 0.293 e. The summed E-state index contributed by atoms with van der Waals surface area (Å²) in [4.78, 5) is 4.66. The maximum atomic E-state index is 13.0. The maximum absolute atomic E-state index is 13.0. The molecule has 140 valence electrons. The molecule has 0 unspecified atom stereocenters. The molecule has 1 fully saturated rings. The monoisotopic (exact) mass is 387 g/mol. The van der Waals surface area contributed by atoms with Crippen molar-refractivity contribution < 1.29 is 22.1 Å². The van der Waals surface area contributed by atoms with Gasteiger partial charge in [0, 0.05) is 25.4 Å². The summed E-state index contributed by atoms with van der Waals surface area (Å²) in [6.45, 7) is 1.35. The summed E-state index contributed by atoms with van der Waals surface area (Å²) >= 11 is 0. The van der Waals surface area contributed by atoms with Gasteiger partial charge >= 0.3 is 0 Å². The third kappa shape index (κ3) is 2.83. The normalized spacial score (nSPS) is 19.9. The van der Waals surface area contributed by atoms with E-state index in [1.165, 1.54) is 10.6 Å². The lowest BCUT2D eigenvalue weighted by atomic mass is 10.1. The highest BCUT2D eigenvalue weighted by atomic mass is 32.2.